The number of fused-ring (bicyclic) bond motifs is 2. The van der Waals surface area contributed by atoms with E-state index >= 15 is 0 Å². The summed E-state index contributed by atoms with van der Waals surface area (Å²) in [4.78, 5) is 34.6. The second-order valence-electron chi connectivity index (χ2n) is 4.35. The van der Waals surface area contributed by atoms with Crippen molar-refractivity contribution < 1.29 is 19.1 Å². The molecule has 2 saturated carbocycles. The Bertz CT molecular complexity index is 321. The summed E-state index contributed by atoms with van der Waals surface area (Å²) in [6.07, 6.45) is 2.03. The average Bonchev–Trinajstić information content (AvgIpc) is 2.23. The lowest BCUT2D eigenvalue weighted by molar-refractivity contribution is -0.152. The van der Waals surface area contributed by atoms with Crippen LogP contribution in [0.15, 0.2) is 0 Å². The SMILES string of the molecule is COC(=O)[C@@H]1C[C@H]2CCC(=O)[C@@H](C1)C2=O. The second kappa shape index (κ2) is 3.76. The molecule has 0 saturated heterocycles. The van der Waals surface area contributed by atoms with Crippen molar-refractivity contribution in [2.45, 2.75) is 25.7 Å². The van der Waals surface area contributed by atoms with Gasteiger partial charge >= 0.3 is 5.97 Å². The molecule has 2 fully saturated rings. The van der Waals surface area contributed by atoms with E-state index in [1.165, 1.54) is 7.11 Å². The standard InChI is InChI=1S/C11H14O4/c1-15-11(14)7-4-6-2-3-9(12)8(5-7)10(6)13/h6-8H,2-5H2,1H3/t6-,7-,8-/m1/s1. The Morgan fingerprint density at radius 3 is 2.73 bits per heavy atom. The van der Waals surface area contributed by atoms with E-state index in [0.717, 1.165) is 0 Å². The Morgan fingerprint density at radius 2 is 2.07 bits per heavy atom. The molecule has 0 aromatic carbocycles. The highest BCUT2D eigenvalue weighted by Crippen LogP contribution is 2.38. The number of carbonyl (C=O) groups excluding carboxylic acids is 3. The lowest BCUT2D eigenvalue weighted by Crippen LogP contribution is -2.43. The summed E-state index contributed by atoms with van der Waals surface area (Å²) in [6.45, 7) is 0. The quantitative estimate of drug-likeness (QED) is 0.473. The van der Waals surface area contributed by atoms with Crippen molar-refractivity contribution in [3.63, 3.8) is 0 Å². The van der Waals surface area contributed by atoms with Gasteiger partial charge < -0.3 is 4.74 Å². The number of carbonyl (C=O) groups is 3. The summed E-state index contributed by atoms with van der Waals surface area (Å²) < 4.78 is 4.66. The van der Waals surface area contributed by atoms with Gasteiger partial charge in [0, 0.05) is 12.3 Å². The molecule has 0 aromatic heterocycles. The highest BCUT2D eigenvalue weighted by Gasteiger charge is 2.45. The van der Waals surface area contributed by atoms with E-state index in [4.69, 9.17) is 0 Å². The maximum atomic E-state index is 11.7. The van der Waals surface area contributed by atoms with Crippen molar-refractivity contribution >= 4 is 17.5 Å². The molecule has 2 aliphatic rings. The number of methoxy groups -OCH3 is 1. The van der Waals surface area contributed by atoms with Crippen molar-refractivity contribution in [3.05, 3.63) is 0 Å². The Balaban J connectivity index is 2.16. The lowest BCUT2D eigenvalue weighted by atomic mass is 9.66. The molecule has 0 unspecified atom stereocenters. The number of Topliss-reactive ketones (excluding diaryl/α,β-unsaturated/α-hetero) is 2. The van der Waals surface area contributed by atoms with Crippen LogP contribution in [0, 0.1) is 17.8 Å². The van der Waals surface area contributed by atoms with Gasteiger partial charge in [0.2, 0.25) is 0 Å². The summed E-state index contributed by atoms with van der Waals surface area (Å²) >= 11 is 0. The molecule has 2 rings (SSSR count). The van der Waals surface area contributed by atoms with Crippen molar-refractivity contribution in [2.75, 3.05) is 7.11 Å². The van der Waals surface area contributed by atoms with Crippen LogP contribution in [-0.2, 0) is 19.1 Å². The van der Waals surface area contributed by atoms with Gasteiger partial charge in [-0.05, 0) is 19.3 Å². The zero-order valence-electron chi connectivity index (χ0n) is 8.69. The van der Waals surface area contributed by atoms with Gasteiger partial charge in [0.15, 0.2) is 0 Å². The lowest BCUT2D eigenvalue weighted by Gasteiger charge is -2.35. The van der Waals surface area contributed by atoms with Crippen molar-refractivity contribution in [1.29, 1.82) is 0 Å². The molecule has 0 N–H and O–H groups in total. The predicted molar refractivity (Wildman–Crippen MR) is 51.0 cm³/mol. The normalized spacial score (nSPS) is 35.1. The first kappa shape index (κ1) is 10.3. The van der Waals surface area contributed by atoms with E-state index in [0.29, 0.717) is 25.7 Å². The number of hydrogen-bond acceptors (Lipinski definition) is 4. The van der Waals surface area contributed by atoms with Crippen LogP contribution in [0.25, 0.3) is 0 Å². The highest BCUT2D eigenvalue weighted by atomic mass is 16.5. The second-order valence-corrected chi connectivity index (χ2v) is 4.35. The number of hydrogen-bond donors (Lipinski definition) is 0. The van der Waals surface area contributed by atoms with Crippen LogP contribution < -0.4 is 0 Å². The van der Waals surface area contributed by atoms with E-state index < -0.39 is 5.92 Å². The molecular formula is C11H14O4. The van der Waals surface area contributed by atoms with E-state index in [9.17, 15) is 14.4 Å². The minimum atomic E-state index is -0.526. The molecule has 0 aromatic rings. The summed E-state index contributed by atoms with van der Waals surface area (Å²) in [6, 6.07) is 0. The molecule has 82 valence electrons. The first-order valence-corrected chi connectivity index (χ1v) is 5.27. The highest BCUT2D eigenvalue weighted by molar-refractivity contribution is 6.06. The third kappa shape index (κ3) is 1.68. The van der Waals surface area contributed by atoms with Gasteiger partial charge in [0.05, 0.1) is 18.9 Å². The number of ketones is 2. The Hall–Kier alpha value is -1.19. The van der Waals surface area contributed by atoms with Crippen LogP contribution in [0.4, 0.5) is 0 Å². The number of rotatable bonds is 1. The fraction of sp³-hybridized carbons (Fsp3) is 0.727. The smallest absolute Gasteiger partial charge is 0.308 e. The number of esters is 1. The first-order chi connectivity index (χ1) is 7.13. The van der Waals surface area contributed by atoms with Gasteiger partial charge in [0.1, 0.15) is 11.6 Å². The van der Waals surface area contributed by atoms with Crippen LogP contribution in [0.2, 0.25) is 0 Å². The average molecular weight is 210 g/mol. The van der Waals surface area contributed by atoms with E-state index in [1.807, 2.05) is 0 Å². The molecule has 2 aliphatic carbocycles. The van der Waals surface area contributed by atoms with Gasteiger partial charge in [-0.2, -0.15) is 0 Å². The molecule has 0 amide bonds. The van der Waals surface area contributed by atoms with Crippen LogP contribution >= 0.6 is 0 Å². The van der Waals surface area contributed by atoms with Gasteiger partial charge in [-0.3, -0.25) is 14.4 Å². The van der Waals surface area contributed by atoms with Crippen LogP contribution in [0.3, 0.4) is 0 Å². The van der Waals surface area contributed by atoms with Crippen molar-refractivity contribution in [1.82, 2.24) is 0 Å². The molecule has 15 heavy (non-hydrogen) atoms. The maximum Gasteiger partial charge on any atom is 0.308 e. The molecule has 4 nitrogen and oxygen atoms in total. The zero-order chi connectivity index (χ0) is 11.0. The zero-order valence-corrected chi connectivity index (χ0v) is 8.69. The summed E-state index contributed by atoms with van der Waals surface area (Å²) in [7, 11) is 1.34. The van der Waals surface area contributed by atoms with E-state index in [2.05, 4.69) is 4.74 Å². The minimum Gasteiger partial charge on any atom is -0.469 e. The molecule has 2 bridgehead atoms. The molecular weight excluding hydrogens is 196 g/mol. The summed E-state index contributed by atoms with van der Waals surface area (Å²) in [5, 5.41) is 0. The Labute approximate surface area is 88.0 Å². The van der Waals surface area contributed by atoms with Crippen molar-refractivity contribution in [3.8, 4) is 0 Å². The van der Waals surface area contributed by atoms with Gasteiger partial charge in [0.25, 0.3) is 0 Å². The van der Waals surface area contributed by atoms with Crippen LogP contribution in [0.1, 0.15) is 25.7 Å². The van der Waals surface area contributed by atoms with E-state index in [-0.39, 0.29) is 29.4 Å². The molecule has 0 heterocycles. The molecule has 0 radical (unpaired) electrons. The monoisotopic (exact) mass is 210 g/mol. The minimum absolute atomic E-state index is 0.00449. The van der Waals surface area contributed by atoms with Crippen LogP contribution in [-0.4, -0.2) is 24.6 Å². The summed E-state index contributed by atoms with van der Waals surface area (Å²) in [5.41, 5.74) is 0. The van der Waals surface area contributed by atoms with Crippen molar-refractivity contribution in [2.24, 2.45) is 17.8 Å². The third-order valence-corrected chi connectivity index (χ3v) is 3.50. The third-order valence-electron chi connectivity index (χ3n) is 3.50. The van der Waals surface area contributed by atoms with Crippen LogP contribution in [0.5, 0.6) is 0 Å². The van der Waals surface area contributed by atoms with Gasteiger partial charge in [-0.1, -0.05) is 0 Å². The predicted octanol–water partition coefficient (Wildman–Crippen LogP) is 0.734. The Kier molecular flexibility index (Phi) is 2.59. The summed E-state index contributed by atoms with van der Waals surface area (Å²) in [5.74, 6) is -1.11. The molecule has 0 spiro atoms. The Morgan fingerprint density at radius 1 is 1.33 bits per heavy atom. The first-order valence-electron chi connectivity index (χ1n) is 5.27. The van der Waals surface area contributed by atoms with Gasteiger partial charge in [-0.15, -0.1) is 0 Å². The molecule has 0 aliphatic heterocycles. The molecule has 4 heteroatoms. The molecule has 3 atom stereocenters. The fourth-order valence-corrected chi connectivity index (χ4v) is 2.64. The fourth-order valence-electron chi connectivity index (χ4n) is 2.64. The number of ether oxygens (including phenoxy) is 1. The van der Waals surface area contributed by atoms with E-state index in [1.54, 1.807) is 0 Å². The largest absolute Gasteiger partial charge is 0.469 e. The van der Waals surface area contributed by atoms with Gasteiger partial charge in [-0.25, -0.2) is 0 Å². The maximum absolute atomic E-state index is 11.7. The topological polar surface area (TPSA) is 60.4 Å².